The van der Waals surface area contributed by atoms with E-state index in [0.717, 1.165) is 11.1 Å². The van der Waals surface area contributed by atoms with E-state index in [1.807, 2.05) is 32.2 Å². The number of nitrogens with one attached hydrogen (secondary N) is 1. The molecular formula is C15H15ClFNO. The molecule has 1 N–H and O–H groups in total. The van der Waals surface area contributed by atoms with E-state index in [9.17, 15) is 4.39 Å². The van der Waals surface area contributed by atoms with Gasteiger partial charge in [-0.2, -0.15) is 0 Å². The first-order chi connectivity index (χ1) is 9.10. The number of benzene rings is 2. The Bertz CT molecular complexity index is 586. The van der Waals surface area contributed by atoms with Crippen molar-refractivity contribution < 1.29 is 9.13 Å². The Kier molecular flexibility index (Phi) is 4.40. The van der Waals surface area contributed by atoms with Gasteiger partial charge in [0, 0.05) is 12.1 Å². The largest absolute Gasteiger partial charge is 0.455 e. The van der Waals surface area contributed by atoms with Crippen LogP contribution in [0.15, 0.2) is 36.4 Å². The van der Waals surface area contributed by atoms with E-state index >= 15 is 0 Å². The topological polar surface area (TPSA) is 21.3 Å². The van der Waals surface area contributed by atoms with Gasteiger partial charge in [-0.15, -0.1) is 0 Å². The van der Waals surface area contributed by atoms with Gasteiger partial charge in [-0.25, -0.2) is 4.39 Å². The third-order valence-corrected chi connectivity index (χ3v) is 2.99. The summed E-state index contributed by atoms with van der Waals surface area (Å²) in [5.41, 5.74) is 2.19. The molecule has 0 fully saturated rings. The molecule has 0 radical (unpaired) electrons. The second-order valence-electron chi connectivity index (χ2n) is 4.32. The summed E-state index contributed by atoms with van der Waals surface area (Å²) in [6, 6.07) is 9.99. The number of halogens is 2. The zero-order valence-corrected chi connectivity index (χ0v) is 11.6. The molecule has 4 heteroatoms. The van der Waals surface area contributed by atoms with E-state index in [2.05, 4.69) is 5.32 Å². The quantitative estimate of drug-likeness (QED) is 0.901. The van der Waals surface area contributed by atoms with Crippen LogP contribution >= 0.6 is 11.6 Å². The normalized spacial score (nSPS) is 10.5. The predicted octanol–water partition coefficient (Wildman–Crippen LogP) is 4.30. The van der Waals surface area contributed by atoms with Gasteiger partial charge in [0.25, 0.3) is 0 Å². The predicted molar refractivity (Wildman–Crippen MR) is 75.4 cm³/mol. The van der Waals surface area contributed by atoms with Crippen molar-refractivity contribution in [3.8, 4) is 11.5 Å². The first-order valence-electron chi connectivity index (χ1n) is 5.97. The standard InChI is InChI=1S/C15H15ClFNO/c1-10-3-5-14(11(7-10)9-18-2)19-15-6-4-12(17)8-13(15)16/h3-8,18H,9H2,1-2H3. The molecule has 100 valence electrons. The van der Waals surface area contributed by atoms with E-state index in [-0.39, 0.29) is 10.8 Å². The lowest BCUT2D eigenvalue weighted by molar-refractivity contribution is 0.472. The lowest BCUT2D eigenvalue weighted by Gasteiger charge is -2.13. The van der Waals surface area contributed by atoms with Gasteiger partial charge in [-0.1, -0.05) is 29.3 Å². The van der Waals surface area contributed by atoms with Gasteiger partial charge >= 0.3 is 0 Å². The van der Waals surface area contributed by atoms with Gasteiger partial charge in [-0.3, -0.25) is 0 Å². The van der Waals surface area contributed by atoms with Crippen LogP contribution in [-0.4, -0.2) is 7.05 Å². The Balaban J connectivity index is 2.32. The van der Waals surface area contributed by atoms with Crippen LogP contribution in [0.3, 0.4) is 0 Å². The van der Waals surface area contributed by atoms with Crippen molar-refractivity contribution in [2.45, 2.75) is 13.5 Å². The highest BCUT2D eigenvalue weighted by Gasteiger charge is 2.08. The molecular weight excluding hydrogens is 265 g/mol. The molecule has 0 unspecified atom stereocenters. The smallest absolute Gasteiger partial charge is 0.146 e. The van der Waals surface area contributed by atoms with Crippen molar-refractivity contribution in [2.24, 2.45) is 0 Å². The highest BCUT2D eigenvalue weighted by atomic mass is 35.5. The van der Waals surface area contributed by atoms with Crippen molar-refractivity contribution in [1.82, 2.24) is 5.32 Å². The lowest BCUT2D eigenvalue weighted by atomic mass is 10.1. The molecule has 0 saturated heterocycles. The fourth-order valence-corrected chi connectivity index (χ4v) is 2.02. The minimum atomic E-state index is -0.378. The average molecular weight is 280 g/mol. The van der Waals surface area contributed by atoms with Crippen LogP contribution in [0, 0.1) is 12.7 Å². The molecule has 2 aromatic carbocycles. The maximum absolute atomic E-state index is 13.0. The van der Waals surface area contributed by atoms with Crippen molar-refractivity contribution in [2.75, 3.05) is 7.05 Å². The van der Waals surface area contributed by atoms with Crippen LogP contribution in [0.25, 0.3) is 0 Å². The van der Waals surface area contributed by atoms with E-state index in [0.29, 0.717) is 18.0 Å². The van der Waals surface area contributed by atoms with Crippen LogP contribution in [0.4, 0.5) is 4.39 Å². The molecule has 0 atom stereocenters. The Morgan fingerprint density at radius 1 is 1.16 bits per heavy atom. The molecule has 0 saturated carbocycles. The number of hydrogen-bond donors (Lipinski definition) is 1. The van der Waals surface area contributed by atoms with Gasteiger partial charge in [0.15, 0.2) is 0 Å². The van der Waals surface area contributed by atoms with E-state index in [4.69, 9.17) is 16.3 Å². The Hall–Kier alpha value is -1.58. The minimum Gasteiger partial charge on any atom is -0.455 e. The van der Waals surface area contributed by atoms with E-state index in [1.165, 1.54) is 18.2 Å². The second kappa shape index (κ2) is 6.04. The summed E-state index contributed by atoms with van der Waals surface area (Å²) in [5, 5.41) is 3.35. The monoisotopic (exact) mass is 279 g/mol. The van der Waals surface area contributed by atoms with Crippen LogP contribution in [0.2, 0.25) is 5.02 Å². The molecule has 0 spiro atoms. The average Bonchev–Trinajstić information content (AvgIpc) is 2.36. The van der Waals surface area contributed by atoms with Crippen LogP contribution in [-0.2, 0) is 6.54 Å². The third-order valence-electron chi connectivity index (χ3n) is 2.70. The number of hydrogen-bond acceptors (Lipinski definition) is 2. The first-order valence-corrected chi connectivity index (χ1v) is 6.35. The molecule has 2 aromatic rings. The van der Waals surface area contributed by atoms with Gasteiger partial charge in [0.2, 0.25) is 0 Å². The van der Waals surface area contributed by atoms with Crippen LogP contribution in [0.1, 0.15) is 11.1 Å². The summed E-state index contributed by atoms with van der Waals surface area (Å²) in [7, 11) is 1.87. The summed E-state index contributed by atoms with van der Waals surface area (Å²) in [5.74, 6) is 0.787. The number of rotatable bonds is 4. The summed E-state index contributed by atoms with van der Waals surface area (Å²) in [6.45, 7) is 2.71. The molecule has 2 nitrogen and oxygen atoms in total. The Morgan fingerprint density at radius 3 is 2.58 bits per heavy atom. The summed E-state index contributed by atoms with van der Waals surface area (Å²) < 4.78 is 18.8. The highest BCUT2D eigenvalue weighted by Crippen LogP contribution is 2.32. The van der Waals surface area contributed by atoms with Gasteiger partial charge in [-0.05, 0) is 38.2 Å². The lowest BCUT2D eigenvalue weighted by Crippen LogP contribution is -2.06. The molecule has 0 aromatic heterocycles. The van der Waals surface area contributed by atoms with Crippen molar-refractivity contribution in [3.05, 3.63) is 58.4 Å². The molecule has 0 aliphatic heterocycles. The van der Waals surface area contributed by atoms with Crippen molar-refractivity contribution >= 4 is 11.6 Å². The molecule has 2 rings (SSSR count). The molecule has 0 aliphatic carbocycles. The maximum atomic E-state index is 13.0. The molecule has 0 aliphatic rings. The SMILES string of the molecule is CNCc1cc(C)ccc1Oc1ccc(F)cc1Cl. The highest BCUT2D eigenvalue weighted by molar-refractivity contribution is 6.32. The fourth-order valence-electron chi connectivity index (χ4n) is 1.81. The van der Waals surface area contributed by atoms with Crippen molar-refractivity contribution in [3.63, 3.8) is 0 Å². The van der Waals surface area contributed by atoms with Gasteiger partial charge in [0.1, 0.15) is 17.3 Å². The Labute approximate surface area is 117 Å². The Morgan fingerprint density at radius 2 is 1.89 bits per heavy atom. The maximum Gasteiger partial charge on any atom is 0.146 e. The third kappa shape index (κ3) is 3.46. The van der Waals surface area contributed by atoms with E-state index in [1.54, 1.807) is 0 Å². The van der Waals surface area contributed by atoms with Crippen LogP contribution < -0.4 is 10.1 Å². The fraction of sp³-hybridized carbons (Fsp3) is 0.200. The summed E-state index contributed by atoms with van der Waals surface area (Å²) in [6.07, 6.45) is 0. The summed E-state index contributed by atoms with van der Waals surface area (Å²) in [4.78, 5) is 0. The number of aryl methyl sites for hydroxylation is 1. The molecule has 0 heterocycles. The molecule has 0 amide bonds. The molecule has 19 heavy (non-hydrogen) atoms. The first kappa shape index (κ1) is 13.8. The molecule has 0 bridgehead atoms. The van der Waals surface area contributed by atoms with Crippen molar-refractivity contribution in [1.29, 1.82) is 0 Å². The number of ether oxygens (including phenoxy) is 1. The summed E-state index contributed by atoms with van der Waals surface area (Å²) >= 11 is 5.96. The zero-order valence-electron chi connectivity index (χ0n) is 10.8. The van der Waals surface area contributed by atoms with Crippen LogP contribution in [0.5, 0.6) is 11.5 Å². The van der Waals surface area contributed by atoms with Gasteiger partial charge in [0.05, 0.1) is 5.02 Å². The second-order valence-corrected chi connectivity index (χ2v) is 4.73. The van der Waals surface area contributed by atoms with E-state index < -0.39 is 0 Å². The minimum absolute atomic E-state index is 0.260. The zero-order chi connectivity index (χ0) is 13.8. The van der Waals surface area contributed by atoms with Gasteiger partial charge < -0.3 is 10.1 Å².